The number of aryl methyl sites for hydroxylation is 1. The highest BCUT2D eigenvalue weighted by Gasteiger charge is 2.21. The fourth-order valence-electron chi connectivity index (χ4n) is 2.17. The van der Waals surface area contributed by atoms with E-state index in [1.165, 1.54) is 20.3 Å². The second-order valence-corrected chi connectivity index (χ2v) is 8.01. The Bertz CT molecular complexity index is 1010. The molecule has 0 amide bonds. The molecular formula is C16H17N3O5S2. The first-order valence-corrected chi connectivity index (χ1v) is 9.99. The summed E-state index contributed by atoms with van der Waals surface area (Å²) in [6.07, 6.45) is 0.612. The average Bonchev–Trinajstić information content (AvgIpc) is 3.31. The molecule has 26 heavy (non-hydrogen) atoms. The van der Waals surface area contributed by atoms with Crippen LogP contribution in [-0.4, -0.2) is 32.8 Å². The number of benzene rings is 1. The fraction of sp³-hybridized carbons (Fsp3) is 0.250. The number of nitrogens with one attached hydrogen (secondary N) is 1. The van der Waals surface area contributed by atoms with Crippen molar-refractivity contribution in [1.29, 1.82) is 0 Å². The van der Waals surface area contributed by atoms with Crippen molar-refractivity contribution in [1.82, 2.24) is 10.1 Å². The summed E-state index contributed by atoms with van der Waals surface area (Å²) >= 11 is 1.07. The van der Waals surface area contributed by atoms with Gasteiger partial charge in [-0.2, -0.15) is 4.98 Å². The molecule has 0 radical (unpaired) electrons. The summed E-state index contributed by atoms with van der Waals surface area (Å²) in [6.45, 7) is 1.90. The second kappa shape index (κ2) is 7.34. The lowest BCUT2D eigenvalue weighted by atomic mass is 10.3. The first kappa shape index (κ1) is 18.2. The van der Waals surface area contributed by atoms with Gasteiger partial charge in [-0.05, 0) is 18.2 Å². The van der Waals surface area contributed by atoms with E-state index in [4.69, 9.17) is 14.0 Å². The second-order valence-electron chi connectivity index (χ2n) is 5.19. The molecule has 0 aliphatic carbocycles. The minimum absolute atomic E-state index is 0.133. The first-order valence-electron chi connectivity index (χ1n) is 7.63. The normalized spacial score (nSPS) is 11.3. The van der Waals surface area contributed by atoms with E-state index in [2.05, 4.69) is 14.9 Å². The van der Waals surface area contributed by atoms with Crippen LogP contribution in [0, 0.1) is 0 Å². The van der Waals surface area contributed by atoms with Gasteiger partial charge in [0.1, 0.15) is 15.7 Å². The Hall–Kier alpha value is -2.59. The highest BCUT2D eigenvalue weighted by molar-refractivity contribution is 7.94. The van der Waals surface area contributed by atoms with E-state index in [0.29, 0.717) is 40.9 Å². The van der Waals surface area contributed by atoms with Gasteiger partial charge in [0, 0.05) is 23.4 Å². The zero-order valence-corrected chi connectivity index (χ0v) is 16.0. The van der Waals surface area contributed by atoms with Gasteiger partial charge in [-0.3, -0.25) is 4.72 Å². The molecule has 3 rings (SSSR count). The molecule has 0 fully saturated rings. The highest BCUT2D eigenvalue weighted by Crippen LogP contribution is 2.33. The Morgan fingerprint density at radius 2 is 2.04 bits per heavy atom. The minimum Gasteiger partial charge on any atom is -0.497 e. The molecule has 2 aromatic heterocycles. The molecule has 0 saturated heterocycles. The fourth-order valence-corrected chi connectivity index (χ4v) is 4.40. The molecule has 3 aromatic rings. The predicted molar refractivity (Wildman–Crippen MR) is 97.3 cm³/mol. The van der Waals surface area contributed by atoms with Gasteiger partial charge in [0.2, 0.25) is 11.7 Å². The van der Waals surface area contributed by atoms with Crippen LogP contribution in [-0.2, 0) is 16.4 Å². The highest BCUT2D eigenvalue weighted by atomic mass is 32.2. The molecule has 2 heterocycles. The van der Waals surface area contributed by atoms with Crippen LogP contribution in [0.4, 0.5) is 5.69 Å². The third kappa shape index (κ3) is 3.65. The maximum atomic E-state index is 12.7. The van der Waals surface area contributed by atoms with Crippen molar-refractivity contribution in [3.8, 4) is 22.9 Å². The maximum Gasteiger partial charge on any atom is 0.271 e. The largest absolute Gasteiger partial charge is 0.497 e. The zero-order valence-electron chi connectivity index (χ0n) is 14.3. The van der Waals surface area contributed by atoms with Gasteiger partial charge < -0.3 is 14.0 Å². The number of hydrogen-bond acceptors (Lipinski definition) is 8. The zero-order chi connectivity index (χ0) is 18.7. The molecule has 0 saturated carbocycles. The SMILES string of the molecule is CCc1nc(-c2csc(S(=O)(=O)Nc3ccc(OC)cc3OC)c2)no1. The number of nitrogens with zero attached hydrogens (tertiary/aromatic N) is 2. The maximum absolute atomic E-state index is 12.7. The number of sulfonamides is 1. The lowest BCUT2D eigenvalue weighted by Gasteiger charge is -2.12. The number of hydrogen-bond donors (Lipinski definition) is 1. The van der Waals surface area contributed by atoms with Crippen molar-refractivity contribution in [2.24, 2.45) is 0 Å². The number of methoxy groups -OCH3 is 2. The molecule has 1 N–H and O–H groups in total. The molecule has 0 spiro atoms. The van der Waals surface area contributed by atoms with Gasteiger partial charge in [0.15, 0.2) is 0 Å². The van der Waals surface area contributed by atoms with E-state index < -0.39 is 10.0 Å². The van der Waals surface area contributed by atoms with Crippen LogP contribution in [0.25, 0.3) is 11.4 Å². The molecule has 1 aromatic carbocycles. The molecule has 0 atom stereocenters. The van der Waals surface area contributed by atoms with Crippen LogP contribution in [0.15, 0.2) is 38.4 Å². The van der Waals surface area contributed by atoms with Crippen molar-refractivity contribution >= 4 is 27.0 Å². The van der Waals surface area contributed by atoms with Crippen molar-refractivity contribution < 1.29 is 22.4 Å². The third-order valence-electron chi connectivity index (χ3n) is 3.52. The van der Waals surface area contributed by atoms with Gasteiger partial charge in [-0.25, -0.2) is 8.42 Å². The van der Waals surface area contributed by atoms with Crippen LogP contribution in [0.1, 0.15) is 12.8 Å². The minimum atomic E-state index is -3.79. The summed E-state index contributed by atoms with van der Waals surface area (Å²) in [4.78, 5) is 4.20. The Morgan fingerprint density at radius 3 is 2.69 bits per heavy atom. The quantitative estimate of drug-likeness (QED) is 0.655. The molecule has 0 aliphatic rings. The van der Waals surface area contributed by atoms with Crippen molar-refractivity contribution in [3.63, 3.8) is 0 Å². The van der Waals surface area contributed by atoms with Crippen LogP contribution in [0.2, 0.25) is 0 Å². The summed E-state index contributed by atoms with van der Waals surface area (Å²) < 4.78 is 43.4. The number of ether oxygens (including phenoxy) is 2. The lowest BCUT2D eigenvalue weighted by Crippen LogP contribution is -2.12. The van der Waals surface area contributed by atoms with E-state index >= 15 is 0 Å². The Labute approximate surface area is 154 Å². The third-order valence-corrected chi connectivity index (χ3v) is 6.33. The summed E-state index contributed by atoms with van der Waals surface area (Å²) in [5, 5.41) is 5.53. The number of aromatic nitrogens is 2. The van der Waals surface area contributed by atoms with Crippen molar-refractivity contribution in [3.05, 3.63) is 35.5 Å². The van der Waals surface area contributed by atoms with E-state index in [1.807, 2.05) is 6.92 Å². The molecule has 0 aliphatic heterocycles. The average molecular weight is 395 g/mol. The van der Waals surface area contributed by atoms with Crippen LogP contribution >= 0.6 is 11.3 Å². The predicted octanol–water partition coefficient (Wildman–Crippen LogP) is 3.18. The lowest BCUT2D eigenvalue weighted by molar-refractivity contribution is 0.383. The van der Waals surface area contributed by atoms with E-state index in [-0.39, 0.29) is 4.21 Å². The summed E-state index contributed by atoms with van der Waals surface area (Å²) in [5.74, 6) is 1.78. The van der Waals surface area contributed by atoms with E-state index in [9.17, 15) is 8.42 Å². The van der Waals surface area contributed by atoms with Crippen LogP contribution in [0.3, 0.4) is 0 Å². The van der Waals surface area contributed by atoms with Gasteiger partial charge in [-0.1, -0.05) is 12.1 Å². The summed E-state index contributed by atoms with van der Waals surface area (Å²) in [6, 6.07) is 6.33. The molecule has 0 bridgehead atoms. The van der Waals surface area contributed by atoms with E-state index in [0.717, 1.165) is 11.3 Å². The van der Waals surface area contributed by atoms with Crippen molar-refractivity contribution in [2.75, 3.05) is 18.9 Å². The monoisotopic (exact) mass is 395 g/mol. The van der Waals surface area contributed by atoms with Gasteiger partial charge in [0.25, 0.3) is 10.0 Å². The number of anilines is 1. The summed E-state index contributed by atoms with van der Waals surface area (Å²) in [5.41, 5.74) is 0.900. The number of rotatable bonds is 7. The first-order chi connectivity index (χ1) is 12.5. The van der Waals surface area contributed by atoms with Crippen LogP contribution in [0.5, 0.6) is 11.5 Å². The molecule has 8 nitrogen and oxygen atoms in total. The Kier molecular flexibility index (Phi) is 5.14. The Balaban J connectivity index is 1.87. The van der Waals surface area contributed by atoms with Crippen molar-refractivity contribution in [2.45, 2.75) is 17.6 Å². The van der Waals surface area contributed by atoms with E-state index in [1.54, 1.807) is 23.6 Å². The van der Waals surface area contributed by atoms with Gasteiger partial charge in [0.05, 0.1) is 19.9 Å². The smallest absolute Gasteiger partial charge is 0.271 e. The topological polar surface area (TPSA) is 104 Å². The number of thiophene rings is 1. The molecule has 138 valence electrons. The summed E-state index contributed by atoms with van der Waals surface area (Å²) in [7, 11) is -0.813. The molecule has 10 heteroatoms. The van der Waals surface area contributed by atoms with Gasteiger partial charge in [-0.15, -0.1) is 11.3 Å². The van der Waals surface area contributed by atoms with Gasteiger partial charge >= 0.3 is 0 Å². The Morgan fingerprint density at radius 1 is 1.23 bits per heavy atom. The molecular weight excluding hydrogens is 378 g/mol. The standard InChI is InChI=1S/C16H17N3O5S2/c1-4-14-17-16(18-24-14)10-7-15(25-9-10)26(20,21)19-12-6-5-11(22-2)8-13(12)23-3/h5-9,19H,4H2,1-3H3. The van der Waals surface area contributed by atoms with Crippen LogP contribution < -0.4 is 14.2 Å². The molecule has 0 unspecified atom stereocenters.